The minimum Gasteiger partial charge on any atom is -0.486 e. The van der Waals surface area contributed by atoms with Crippen LogP contribution in [0, 0.1) is 11.3 Å². The summed E-state index contributed by atoms with van der Waals surface area (Å²) in [5.74, 6) is -0.0247. The van der Waals surface area contributed by atoms with Gasteiger partial charge in [0.15, 0.2) is 17.3 Å². The number of ketones is 1. The van der Waals surface area contributed by atoms with Crippen LogP contribution in [0.3, 0.4) is 0 Å². The lowest BCUT2D eigenvalue weighted by molar-refractivity contribution is -0.146. The van der Waals surface area contributed by atoms with Gasteiger partial charge in [0.1, 0.15) is 19.1 Å². The van der Waals surface area contributed by atoms with Gasteiger partial charge in [-0.15, -0.1) is 0 Å². The number of benzene rings is 1. The van der Waals surface area contributed by atoms with Crippen molar-refractivity contribution < 1.29 is 23.8 Å². The third-order valence-electron chi connectivity index (χ3n) is 5.77. The van der Waals surface area contributed by atoms with Crippen LogP contribution in [-0.2, 0) is 14.3 Å². The third-order valence-corrected chi connectivity index (χ3v) is 5.77. The number of aliphatic imine (C=N–C) groups is 1. The predicted molar refractivity (Wildman–Crippen MR) is 108 cm³/mol. The fourth-order valence-electron chi connectivity index (χ4n) is 4.60. The van der Waals surface area contributed by atoms with Crippen molar-refractivity contribution in [3.8, 4) is 11.5 Å². The van der Waals surface area contributed by atoms with Crippen molar-refractivity contribution in [1.82, 2.24) is 0 Å². The molecule has 0 aromatic heterocycles. The Balaban J connectivity index is 1.85. The highest BCUT2D eigenvalue weighted by molar-refractivity contribution is 6.09. The minimum absolute atomic E-state index is 0.0571. The van der Waals surface area contributed by atoms with Crippen LogP contribution in [-0.4, -0.2) is 37.3 Å². The van der Waals surface area contributed by atoms with E-state index in [2.05, 4.69) is 13.8 Å². The highest BCUT2D eigenvalue weighted by atomic mass is 16.6. The minimum atomic E-state index is -0.624. The van der Waals surface area contributed by atoms with E-state index in [0.717, 1.165) is 11.3 Å². The van der Waals surface area contributed by atoms with Crippen LogP contribution in [0.2, 0.25) is 0 Å². The third kappa shape index (κ3) is 3.56. The van der Waals surface area contributed by atoms with Crippen LogP contribution >= 0.6 is 0 Å². The molecule has 1 aliphatic carbocycles. The molecule has 0 saturated heterocycles. The number of esters is 1. The van der Waals surface area contributed by atoms with Crippen LogP contribution in [0.1, 0.15) is 52.0 Å². The fourth-order valence-corrected chi connectivity index (χ4v) is 4.60. The van der Waals surface area contributed by atoms with Crippen molar-refractivity contribution in [1.29, 1.82) is 0 Å². The van der Waals surface area contributed by atoms with Crippen molar-refractivity contribution >= 4 is 17.5 Å². The van der Waals surface area contributed by atoms with Gasteiger partial charge < -0.3 is 14.2 Å². The number of nitrogens with zero attached hydrogens (tertiary/aromatic N) is 1. The molecule has 2 heterocycles. The Morgan fingerprint density at radius 2 is 1.93 bits per heavy atom. The highest BCUT2D eigenvalue weighted by Gasteiger charge is 2.46. The summed E-state index contributed by atoms with van der Waals surface area (Å²) in [6.45, 7) is 9.06. The lowest BCUT2D eigenvalue weighted by Crippen LogP contribution is -2.39. The summed E-state index contributed by atoms with van der Waals surface area (Å²) in [5.41, 5.74) is 2.83. The van der Waals surface area contributed by atoms with Crippen molar-refractivity contribution in [2.45, 2.75) is 46.5 Å². The average Bonchev–Trinajstić information content (AvgIpc) is 2.65. The number of carbonyl (C=O) groups is 2. The van der Waals surface area contributed by atoms with E-state index in [-0.39, 0.29) is 23.8 Å². The molecule has 0 radical (unpaired) electrons. The molecule has 2 atom stereocenters. The SMILES string of the molecule is CCOC(=O)C1C(C)=NC2=C(C(=O)CC(C)(C)C2)C1c1ccc2c(c1)OCCO2. The maximum atomic E-state index is 13.2. The maximum absolute atomic E-state index is 13.2. The molecule has 6 nitrogen and oxygen atoms in total. The number of hydrogen-bond donors (Lipinski definition) is 0. The van der Waals surface area contributed by atoms with E-state index >= 15 is 0 Å². The van der Waals surface area contributed by atoms with Gasteiger partial charge in [-0.2, -0.15) is 0 Å². The lowest BCUT2D eigenvalue weighted by atomic mass is 9.67. The largest absolute Gasteiger partial charge is 0.486 e. The van der Waals surface area contributed by atoms with E-state index in [4.69, 9.17) is 19.2 Å². The number of fused-ring (bicyclic) bond motifs is 1. The van der Waals surface area contributed by atoms with Gasteiger partial charge in [0, 0.05) is 29.3 Å². The molecule has 2 aliphatic heterocycles. The summed E-state index contributed by atoms with van der Waals surface area (Å²) in [6, 6.07) is 5.66. The predicted octanol–water partition coefficient (Wildman–Crippen LogP) is 3.84. The Hall–Kier alpha value is -2.63. The summed E-state index contributed by atoms with van der Waals surface area (Å²) >= 11 is 0. The number of ether oxygens (including phenoxy) is 3. The zero-order chi connectivity index (χ0) is 20.8. The van der Waals surface area contributed by atoms with Gasteiger partial charge in [-0.05, 0) is 43.4 Å². The van der Waals surface area contributed by atoms with Gasteiger partial charge in [-0.25, -0.2) is 0 Å². The molecule has 1 aromatic rings. The standard InChI is InChI=1S/C23H27NO5/c1-5-27-22(26)19-13(2)24-15-11-23(3,4)12-16(25)21(15)20(19)14-6-7-17-18(10-14)29-9-8-28-17/h6-7,10,19-20H,5,8-9,11-12H2,1-4H3. The molecule has 0 bridgehead atoms. The first-order chi connectivity index (χ1) is 13.8. The van der Waals surface area contributed by atoms with Crippen LogP contribution in [0.25, 0.3) is 0 Å². The van der Waals surface area contributed by atoms with Crippen LogP contribution < -0.4 is 9.47 Å². The molecule has 2 unspecified atom stereocenters. The normalized spacial score (nSPS) is 25.2. The average molecular weight is 397 g/mol. The van der Waals surface area contributed by atoms with Crippen molar-refractivity contribution in [3.05, 3.63) is 35.0 Å². The van der Waals surface area contributed by atoms with Crippen molar-refractivity contribution in [2.24, 2.45) is 16.3 Å². The Bertz CT molecular complexity index is 927. The Morgan fingerprint density at radius 1 is 1.21 bits per heavy atom. The first-order valence-corrected chi connectivity index (χ1v) is 10.2. The van der Waals surface area contributed by atoms with Crippen LogP contribution in [0.4, 0.5) is 0 Å². The highest BCUT2D eigenvalue weighted by Crippen LogP contribution is 2.49. The second kappa shape index (κ2) is 7.32. The monoisotopic (exact) mass is 397 g/mol. The first kappa shape index (κ1) is 19.7. The van der Waals surface area contributed by atoms with E-state index < -0.39 is 11.8 Å². The van der Waals surface area contributed by atoms with Crippen LogP contribution in [0.5, 0.6) is 11.5 Å². The molecule has 3 aliphatic rings. The molecule has 0 spiro atoms. The van der Waals surface area contributed by atoms with E-state index in [1.807, 2.05) is 25.1 Å². The molecule has 0 amide bonds. The summed E-state index contributed by atoms with van der Waals surface area (Å²) in [7, 11) is 0. The van der Waals surface area contributed by atoms with Crippen molar-refractivity contribution in [3.63, 3.8) is 0 Å². The first-order valence-electron chi connectivity index (χ1n) is 10.2. The number of rotatable bonds is 3. The quantitative estimate of drug-likeness (QED) is 0.725. The van der Waals surface area contributed by atoms with Gasteiger partial charge in [0.2, 0.25) is 0 Å². The summed E-state index contributed by atoms with van der Waals surface area (Å²) in [5, 5.41) is 0. The number of Topliss-reactive ketones (excluding diaryl/α,β-unsaturated/α-hetero) is 1. The summed E-state index contributed by atoms with van der Waals surface area (Å²) in [6.07, 6.45) is 1.15. The molecular formula is C23H27NO5. The van der Waals surface area contributed by atoms with Crippen molar-refractivity contribution in [2.75, 3.05) is 19.8 Å². The second-order valence-corrected chi connectivity index (χ2v) is 8.66. The number of carbonyl (C=O) groups excluding carboxylic acids is 2. The zero-order valence-corrected chi connectivity index (χ0v) is 17.4. The van der Waals surface area contributed by atoms with E-state index in [1.54, 1.807) is 6.92 Å². The molecule has 29 heavy (non-hydrogen) atoms. The molecule has 1 aromatic carbocycles. The molecule has 4 rings (SSSR count). The fraction of sp³-hybridized carbons (Fsp3) is 0.522. The Kier molecular flexibility index (Phi) is 4.97. The number of allylic oxidation sites excluding steroid dienone is 2. The molecule has 0 saturated carbocycles. The van der Waals surface area contributed by atoms with Gasteiger partial charge in [-0.1, -0.05) is 19.9 Å². The molecule has 6 heteroatoms. The summed E-state index contributed by atoms with van der Waals surface area (Å²) < 4.78 is 16.7. The summed E-state index contributed by atoms with van der Waals surface area (Å²) in [4.78, 5) is 30.8. The van der Waals surface area contributed by atoms with Gasteiger partial charge >= 0.3 is 5.97 Å². The van der Waals surface area contributed by atoms with E-state index in [9.17, 15) is 9.59 Å². The number of hydrogen-bond acceptors (Lipinski definition) is 6. The molecule has 154 valence electrons. The topological polar surface area (TPSA) is 74.2 Å². The Labute approximate surface area is 170 Å². The smallest absolute Gasteiger partial charge is 0.315 e. The van der Waals surface area contributed by atoms with Gasteiger partial charge in [-0.3, -0.25) is 14.6 Å². The molecule has 0 N–H and O–H groups in total. The molecular weight excluding hydrogens is 370 g/mol. The Morgan fingerprint density at radius 3 is 2.66 bits per heavy atom. The van der Waals surface area contributed by atoms with E-state index in [1.165, 1.54) is 0 Å². The molecule has 0 fully saturated rings. The van der Waals surface area contributed by atoms with Crippen LogP contribution in [0.15, 0.2) is 34.5 Å². The van der Waals surface area contributed by atoms with Gasteiger partial charge in [0.05, 0.1) is 6.61 Å². The van der Waals surface area contributed by atoms with Gasteiger partial charge in [0.25, 0.3) is 0 Å². The lowest BCUT2D eigenvalue weighted by Gasteiger charge is -2.39. The maximum Gasteiger partial charge on any atom is 0.315 e. The zero-order valence-electron chi connectivity index (χ0n) is 17.4. The van der Waals surface area contributed by atoms with E-state index in [0.29, 0.717) is 48.8 Å². The second-order valence-electron chi connectivity index (χ2n) is 8.66.